The molecule has 0 aliphatic carbocycles. The van der Waals surface area contributed by atoms with Gasteiger partial charge in [0.25, 0.3) is 5.91 Å². The number of rotatable bonds is 6. The Morgan fingerprint density at radius 1 is 1.25 bits per heavy atom. The van der Waals surface area contributed by atoms with Crippen molar-refractivity contribution in [1.82, 2.24) is 15.5 Å². The van der Waals surface area contributed by atoms with Crippen LogP contribution in [0.15, 0.2) is 12.2 Å². The van der Waals surface area contributed by atoms with Crippen LogP contribution in [0.25, 0.3) is 0 Å². The first-order chi connectivity index (χ1) is 12.5. The molecule has 1 unspecified atom stereocenters. The Kier molecular flexibility index (Phi) is 7.84. The summed E-state index contributed by atoms with van der Waals surface area (Å²) in [5.74, 6) is -0.511. The lowest BCUT2D eigenvalue weighted by atomic mass is 9.79. The molecule has 0 saturated carbocycles. The van der Waals surface area contributed by atoms with E-state index in [1.165, 1.54) is 0 Å². The van der Waals surface area contributed by atoms with Gasteiger partial charge in [0.1, 0.15) is 0 Å². The minimum absolute atomic E-state index is 0.0855. The monoisotopic (exact) mass is 397 g/mol. The van der Waals surface area contributed by atoms with E-state index in [1.807, 2.05) is 20.8 Å². The molecule has 0 radical (unpaired) electrons. The molecule has 0 aromatic carbocycles. The molecule has 1 aliphatic rings. The number of amides is 3. The van der Waals surface area contributed by atoms with Gasteiger partial charge >= 0.3 is 6.03 Å². The standard InChI is InChI=1S/C21H39N3O4/c1-14(2)17(26)22-18(27)24(12-16(25)13-28-19(3,4)5)15-10-20(6,7)23-21(8,9)11-15/h15-16,23,25H,1,10-13H2,2-9H3,(H,22,26,27). The maximum absolute atomic E-state index is 12.9. The van der Waals surface area contributed by atoms with Crippen molar-refractivity contribution in [2.24, 2.45) is 0 Å². The molecule has 162 valence electrons. The first-order valence-electron chi connectivity index (χ1n) is 9.90. The Balaban J connectivity index is 3.01. The van der Waals surface area contributed by atoms with E-state index in [9.17, 15) is 14.7 Å². The number of aliphatic hydroxyl groups is 1. The predicted octanol–water partition coefficient (Wildman–Crippen LogP) is 2.59. The molecule has 1 heterocycles. The van der Waals surface area contributed by atoms with Gasteiger partial charge in [-0.3, -0.25) is 10.1 Å². The van der Waals surface area contributed by atoms with Gasteiger partial charge in [0.05, 0.1) is 24.9 Å². The molecule has 1 atom stereocenters. The van der Waals surface area contributed by atoms with Crippen LogP contribution in [-0.2, 0) is 9.53 Å². The number of hydrogen-bond donors (Lipinski definition) is 3. The highest BCUT2D eigenvalue weighted by Gasteiger charge is 2.42. The van der Waals surface area contributed by atoms with E-state index in [4.69, 9.17) is 4.74 Å². The number of nitrogens with one attached hydrogen (secondary N) is 2. The predicted molar refractivity (Wildman–Crippen MR) is 111 cm³/mol. The van der Waals surface area contributed by atoms with Crippen LogP contribution in [0.5, 0.6) is 0 Å². The summed E-state index contributed by atoms with van der Waals surface area (Å²) in [6.45, 7) is 19.4. The van der Waals surface area contributed by atoms with Crippen molar-refractivity contribution < 1.29 is 19.4 Å². The lowest BCUT2D eigenvalue weighted by molar-refractivity contribution is -0.116. The molecule has 3 N–H and O–H groups in total. The molecule has 3 amide bonds. The van der Waals surface area contributed by atoms with Gasteiger partial charge in [-0.15, -0.1) is 0 Å². The molecular weight excluding hydrogens is 358 g/mol. The molecule has 1 fully saturated rings. The fourth-order valence-electron chi connectivity index (χ4n) is 3.79. The average molecular weight is 398 g/mol. The topological polar surface area (TPSA) is 90.9 Å². The number of piperidine rings is 1. The maximum atomic E-state index is 12.9. The summed E-state index contributed by atoms with van der Waals surface area (Å²) in [6, 6.07) is -0.644. The van der Waals surface area contributed by atoms with Crippen LogP contribution in [-0.4, -0.2) is 63.9 Å². The Bertz CT molecular complexity index is 577. The van der Waals surface area contributed by atoms with E-state index >= 15 is 0 Å². The smallest absolute Gasteiger partial charge is 0.324 e. The summed E-state index contributed by atoms with van der Waals surface area (Å²) in [5, 5.41) is 16.5. The second-order valence-electron chi connectivity index (χ2n) is 10.2. The second kappa shape index (κ2) is 8.93. The van der Waals surface area contributed by atoms with Crippen LogP contribution in [0, 0.1) is 0 Å². The van der Waals surface area contributed by atoms with Crippen molar-refractivity contribution in [1.29, 1.82) is 0 Å². The summed E-state index contributed by atoms with van der Waals surface area (Å²) < 4.78 is 5.66. The zero-order chi connectivity index (χ0) is 21.9. The first kappa shape index (κ1) is 24.6. The van der Waals surface area contributed by atoms with Gasteiger partial charge in [-0.2, -0.15) is 0 Å². The molecule has 28 heavy (non-hydrogen) atoms. The van der Waals surface area contributed by atoms with Crippen LogP contribution in [0.2, 0.25) is 0 Å². The first-order valence-corrected chi connectivity index (χ1v) is 9.90. The maximum Gasteiger partial charge on any atom is 0.324 e. The molecular formula is C21H39N3O4. The lowest BCUT2D eigenvalue weighted by Gasteiger charge is -2.49. The Morgan fingerprint density at radius 3 is 2.18 bits per heavy atom. The fourth-order valence-corrected chi connectivity index (χ4v) is 3.79. The Morgan fingerprint density at radius 2 is 1.75 bits per heavy atom. The van der Waals surface area contributed by atoms with Crippen LogP contribution in [0.4, 0.5) is 4.79 Å². The van der Waals surface area contributed by atoms with E-state index in [1.54, 1.807) is 11.8 Å². The molecule has 1 aliphatic heterocycles. The molecule has 0 aromatic heterocycles. The quantitative estimate of drug-likeness (QED) is 0.599. The number of carbonyl (C=O) groups excluding carboxylic acids is 2. The van der Waals surface area contributed by atoms with Crippen molar-refractivity contribution >= 4 is 11.9 Å². The van der Waals surface area contributed by atoms with E-state index in [0.29, 0.717) is 12.8 Å². The number of nitrogens with zero attached hydrogens (tertiary/aromatic N) is 1. The summed E-state index contributed by atoms with van der Waals surface area (Å²) in [7, 11) is 0. The third-order valence-corrected chi connectivity index (χ3v) is 4.59. The van der Waals surface area contributed by atoms with Crippen molar-refractivity contribution in [2.75, 3.05) is 13.2 Å². The Hall–Kier alpha value is -1.44. The highest BCUT2D eigenvalue weighted by Crippen LogP contribution is 2.31. The van der Waals surface area contributed by atoms with Gasteiger partial charge in [-0.25, -0.2) is 4.79 Å². The van der Waals surface area contributed by atoms with E-state index in [-0.39, 0.29) is 41.4 Å². The number of carbonyl (C=O) groups is 2. The van der Waals surface area contributed by atoms with Gasteiger partial charge in [0, 0.05) is 22.7 Å². The summed E-state index contributed by atoms with van der Waals surface area (Å²) in [5.41, 5.74) is -0.495. The van der Waals surface area contributed by atoms with Gasteiger partial charge in [-0.1, -0.05) is 6.58 Å². The number of imide groups is 1. The number of urea groups is 1. The number of aliphatic hydroxyl groups excluding tert-OH is 1. The van der Waals surface area contributed by atoms with Gasteiger partial charge in [0.2, 0.25) is 0 Å². The summed E-state index contributed by atoms with van der Waals surface area (Å²) >= 11 is 0. The highest BCUT2D eigenvalue weighted by molar-refractivity contribution is 6.03. The molecule has 0 bridgehead atoms. The van der Waals surface area contributed by atoms with Gasteiger partial charge < -0.3 is 20.1 Å². The molecule has 0 spiro atoms. The lowest BCUT2D eigenvalue weighted by Crippen LogP contribution is -2.64. The van der Waals surface area contributed by atoms with E-state index < -0.39 is 18.0 Å². The van der Waals surface area contributed by atoms with Gasteiger partial charge in [0.15, 0.2) is 0 Å². The Labute approximate surface area is 169 Å². The summed E-state index contributed by atoms with van der Waals surface area (Å²) in [4.78, 5) is 26.4. The minimum atomic E-state index is -0.856. The largest absolute Gasteiger partial charge is 0.389 e. The zero-order valence-electron chi connectivity index (χ0n) is 18.8. The molecule has 1 saturated heterocycles. The third kappa shape index (κ3) is 8.29. The highest BCUT2D eigenvalue weighted by atomic mass is 16.5. The summed E-state index contributed by atoms with van der Waals surface area (Å²) in [6.07, 6.45) is 0.557. The van der Waals surface area contributed by atoms with Gasteiger partial charge in [-0.05, 0) is 68.2 Å². The second-order valence-corrected chi connectivity index (χ2v) is 10.2. The normalized spacial score (nSPS) is 20.3. The van der Waals surface area contributed by atoms with Crippen molar-refractivity contribution in [3.8, 4) is 0 Å². The SMILES string of the molecule is C=C(C)C(=O)NC(=O)N(CC(O)COC(C)(C)C)C1CC(C)(C)NC(C)(C)C1. The van der Waals surface area contributed by atoms with Crippen LogP contribution < -0.4 is 10.6 Å². The van der Waals surface area contributed by atoms with Crippen molar-refractivity contribution in [3.63, 3.8) is 0 Å². The number of hydrogen-bond acceptors (Lipinski definition) is 5. The van der Waals surface area contributed by atoms with Crippen LogP contribution >= 0.6 is 0 Å². The molecule has 7 nitrogen and oxygen atoms in total. The average Bonchev–Trinajstić information content (AvgIpc) is 2.46. The van der Waals surface area contributed by atoms with Crippen molar-refractivity contribution in [3.05, 3.63) is 12.2 Å². The van der Waals surface area contributed by atoms with Crippen LogP contribution in [0.1, 0.15) is 68.2 Å². The number of ether oxygens (including phenoxy) is 1. The fraction of sp³-hybridized carbons (Fsp3) is 0.810. The van der Waals surface area contributed by atoms with Crippen molar-refractivity contribution in [2.45, 2.75) is 97.1 Å². The molecule has 1 rings (SSSR count). The zero-order valence-corrected chi connectivity index (χ0v) is 18.8. The van der Waals surface area contributed by atoms with Crippen LogP contribution in [0.3, 0.4) is 0 Å². The van der Waals surface area contributed by atoms with E-state index in [0.717, 1.165) is 0 Å². The van der Waals surface area contributed by atoms with E-state index in [2.05, 4.69) is 44.9 Å². The molecule has 7 heteroatoms. The third-order valence-electron chi connectivity index (χ3n) is 4.59. The minimum Gasteiger partial charge on any atom is -0.389 e. The molecule has 0 aromatic rings.